The molecule has 2 heterocycles. The van der Waals surface area contributed by atoms with Crippen LogP contribution in [0.3, 0.4) is 0 Å². The van der Waals surface area contributed by atoms with Crippen molar-refractivity contribution >= 4 is 17.6 Å². The summed E-state index contributed by atoms with van der Waals surface area (Å²) < 4.78 is 0. The number of nitrogens with zero attached hydrogens (tertiary/aromatic N) is 4. The fourth-order valence-corrected chi connectivity index (χ4v) is 2.84. The zero-order valence-electron chi connectivity index (χ0n) is 15.7. The van der Waals surface area contributed by atoms with Crippen LogP contribution in [0.1, 0.15) is 11.1 Å². The van der Waals surface area contributed by atoms with E-state index in [1.54, 1.807) is 18.3 Å². The molecule has 29 heavy (non-hydrogen) atoms. The summed E-state index contributed by atoms with van der Waals surface area (Å²) >= 11 is 0. The first-order valence-electron chi connectivity index (χ1n) is 8.88. The Balaban J connectivity index is 0.000000438. The molecule has 0 saturated carbocycles. The van der Waals surface area contributed by atoms with E-state index in [2.05, 4.69) is 20.9 Å². The number of nitro groups is 1. The molecule has 0 unspecified atom stereocenters. The summed E-state index contributed by atoms with van der Waals surface area (Å²) in [5.74, 6) is -3.65. The summed E-state index contributed by atoms with van der Waals surface area (Å²) in [6.45, 7) is 5.87. The Morgan fingerprint density at radius 2 is 1.45 bits per heavy atom. The molecule has 2 aromatic rings. The third kappa shape index (κ3) is 7.64. The normalized spacial score (nSPS) is 14.5. The van der Waals surface area contributed by atoms with E-state index in [9.17, 15) is 10.1 Å². The SMILES string of the molecule is O=C(O)C(=O)O.O=[N+]([O-])c1ccc(CN2CCN(Cc3cccnc3)CC2)cc1. The van der Waals surface area contributed by atoms with Crippen LogP contribution >= 0.6 is 0 Å². The molecule has 0 amide bonds. The van der Waals surface area contributed by atoms with Crippen molar-refractivity contribution < 1.29 is 24.7 Å². The smallest absolute Gasteiger partial charge is 0.414 e. The van der Waals surface area contributed by atoms with Gasteiger partial charge in [0.1, 0.15) is 0 Å². The molecule has 0 atom stereocenters. The maximum absolute atomic E-state index is 10.7. The summed E-state index contributed by atoms with van der Waals surface area (Å²) in [6, 6.07) is 10.9. The number of carboxylic acids is 2. The molecule has 1 aliphatic heterocycles. The minimum Gasteiger partial charge on any atom is -0.473 e. The highest BCUT2D eigenvalue weighted by Crippen LogP contribution is 2.15. The minimum atomic E-state index is -1.82. The molecule has 0 bridgehead atoms. The number of non-ortho nitro benzene ring substituents is 1. The summed E-state index contributed by atoms with van der Waals surface area (Å²) in [7, 11) is 0. The lowest BCUT2D eigenvalue weighted by molar-refractivity contribution is -0.384. The fraction of sp³-hybridized carbons (Fsp3) is 0.316. The Labute approximate surface area is 167 Å². The maximum Gasteiger partial charge on any atom is 0.414 e. The minimum absolute atomic E-state index is 0.148. The molecule has 1 aliphatic rings. The zero-order valence-corrected chi connectivity index (χ0v) is 15.7. The van der Waals surface area contributed by atoms with Gasteiger partial charge in [0.05, 0.1) is 4.92 Å². The van der Waals surface area contributed by atoms with Crippen molar-refractivity contribution in [3.8, 4) is 0 Å². The van der Waals surface area contributed by atoms with E-state index >= 15 is 0 Å². The van der Waals surface area contributed by atoms with Crippen molar-refractivity contribution in [3.63, 3.8) is 0 Å². The van der Waals surface area contributed by atoms with E-state index in [0.717, 1.165) is 44.8 Å². The molecule has 1 aromatic heterocycles. The number of benzene rings is 1. The van der Waals surface area contributed by atoms with Gasteiger partial charge in [-0.25, -0.2) is 9.59 Å². The van der Waals surface area contributed by atoms with Gasteiger partial charge in [-0.1, -0.05) is 18.2 Å². The van der Waals surface area contributed by atoms with Crippen molar-refractivity contribution in [2.24, 2.45) is 0 Å². The Bertz CT molecular complexity index is 808. The van der Waals surface area contributed by atoms with E-state index in [1.165, 1.54) is 5.56 Å². The first-order chi connectivity index (χ1) is 13.8. The van der Waals surface area contributed by atoms with Crippen LogP contribution in [-0.2, 0) is 22.7 Å². The average molecular weight is 402 g/mol. The van der Waals surface area contributed by atoms with E-state index in [1.807, 2.05) is 24.4 Å². The highest BCUT2D eigenvalue weighted by atomic mass is 16.6. The summed E-state index contributed by atoms with van der Waals surface area (Å²) in [5, 5.41) is 25.5. The van der Waals surface area contributed by atoms with Crippen LogP contribution in [0.5, 0.6) is 0 Å². The lowest BCUT2D eigenvalue weighted by Crippen LogP contribution is -2.45. The first kappa shape index (κ1) is 21.9. The predicted molar refractivity (Wildman–Crippen MR) is 103 cm³/mol. The number of hydrogen-bond acceptors (Lipinski definition) is 7. The van der Waals surface area contributed by atoms with Gasteiger partial charge in [-0.2, -0.15) is 0 Å². The number of aliphatic carboxylic acids is 2. The zero-order chi connectivity index (χ0) is 21.2. The maximum atomic E-state index is 10.7. The molecular weight excluding hydrogens is 380 g/mol. The highest BCUT2D eigenvalue weighted by Gasteiger charge is 2.17. The molecule has 3 rings (SSSR count). The van der Waals surface area contributed by atoms with Crippen LogP contribution in [0.4, 0.5) is 5.69 Å². The lowest BCUT2D eigenvalue weighted by atomic mass is 10.1. The van der Waals surface area contributed by atoms with E-state index < -0.39 is 11.9 Å². The van der Waals surface area contributed by atoms with Crippen molar-refractivity contribution in [2.45, 2.75) is 13.1 Å². The Hall–Kier alpha value is -3.37. The number of hydrogen-bond donors (Lipinski definition) is 2. The Morgan fingerprint density at radius 1 is 0.931 bits per heavy atom. The monoisotopic (exact) mass is 402 g/mol. The van der Waals surface area contributed by atoms with Crippen LogP contribution in [0.2, 0.25) is 0 Å². The molecule has 10 nitrogen and oxygen atoms in total. The average Bonchev–Trinajstić information content (AvgIpc) is 2.71. The summed E-state index contributed by atoms with van der Waals surface area (Å²) in [6.07, 6.45) is 3.72. The van der Waals surface area contributed by atoms with Gasteiger partial charge in [-0.05, 0) is 17.2 Å². The molecule has 0 radical (unpaired) electrons. The summed E-state index contributed by atoms with van der Waals surface area (Å²) in [5.41, 5.74) is 2.52. The molecule has 154 valence electrons. The first-order valence-corrected chi connectivity index (χ1v) is 8.88. The van der Waals surface area contributed by atoms with Gasteiger partial charge < -0.3 is 10.2 Å². The molecular formula is C19H22N4O6. The van der Waals surface area contributed by atoms with Crippen LogP contribution in [0, 0.1) is 10.1 Å². The van der Waals surface area contributed by atoms with Crippen LogP contribution in [-0.4, -0.2) is 68.0 Å². The standard InChI is InChI=1S/C17H20N4O2.C2H2O4/c22-21(23)17-5-3-15(4-6-17)13-19-8-10-20(11-9-19)14-16-2-1-7-18-12-16;3-1(4)2(5)6/h1-7,12H,8-11,13-14H2;(H,3,4)(H,5,6). The second kappa shape index (κ2) is 10.8. The van der Waals surface area contributed by atoms with Gasteiger partial charge in [0.2, 0.25) is 0 Å². The molecule has 1 fully saturated rings. The second-order valence-corrected chi connectivity index (χ2v) is 6.45. The van der Waals surface area contributed by atoms with Gasteiger partial charge in [0, 0.05) is 63.8 Å². The second-order valence-electron chi connectivity index (χ2n) is 6.45. The molecule has 1 aromatic carbocycles. The largest absolute Gasteiger partial charge is 0.473 e. The van der Waals surface area contributed by atoms with Crippen LogP contribution < -0.4 is 0 Å². The number of carboxylic acid groups (broad SMARTS) is 2. The molecule has 0 spiro atoms. The van der Waals surface area contributed by atoms with Gasteiger partial charge in [-0.3, -0.25) is 24.9 Å². The number of pyridine rings is 1. The third-order valence-electron chi connectivity index (χ3n) is 4.33. The van der Waals surface area contributed by atoms with Gasteiger partial charge in [0.15, 0.2) is 0 Å². The Kier molecular flexibility index (Phi) is 8.19. The third-order valence-corrected chi connectivity index (χ3v) is 4.33. The van der Waals surface area contributed by atoms with E-state index in [0.29, 0.717) is 0 Å². The quantitative estimate of drug-likeness (QED) is 0.432. The number of aromatic nitrogens is 1. The van der Waals surface area contributed by atoms with Crippen molar-refractivity contribution in [1.29, 1.82) is 0 Å². The molecule has 10 heteroatoms. The van der Waals surface area contributed by atoms with E-state index in [-0.39, 0.29) is 10.6 Å². The van der Waals surface area contributed by atoms with Gasteiger partial charge in [-0.15, -0.1) is 0 Å². The van der Waals surface area contributed by atoms with Crippen LogP contribution in [0.25, 0.3) is 0 Å². The molecule has 1 saturated heterocycles. The number of rotatable bonds is 5. The highest BCUT2D eigenvalue weighted by molar-refractivity contribution is 6.27. The van der Waals surface area contributed by atoms with Gasteiger partial charge >= 0.3 is 11.9 Å². The fourth-order valence-electron chi connectivity index (χ4n) is 2.84. The lowest BCUT2D eigenvalue weighted by Gasteiger charge is -2.34. The number of carbonyl (C=O) groups is 2. The van der Waals surface area contributed by atoms with Crippen molar-refractivity contribution in [1.82, 2.24) is 14.8 Å². The Morgan fingerprint density at radius 3 is 1.86 bits per heavy atom. The summed E-state index contributed by atoms with van der Waals surface area (Å²) in [4.78, 5) is 37.5. The molecule has 2 N–H and O–H groups in total. The number of nitro benzene ring substituents is 1. The van der Waals surface area contributed by atoms with E-state index in [4.69, 9.17) is 19.8 Å². The van der Waals surface area contributed by atoms with Crippen molar-refractivity contribution in [2.75, 3.05) is 26.2 Å². The van der Waals surface area contributed by atoms with Crippen LogP contribution in [0.15, 0.2) is 48.8 Å². The van der Waals surface area contributed by atoms with Gasteiger partial charge in [0.25, 0.3) is 5.69 Å². The predicted octanol–water partition coefficient (Wildman–Crippen LogP) is 1.46. The number of piperazine rings is 1. The molecule has 0 aliphatic carbocycles. The van der Waals surface area contributed by atoms with Crippen molar-refractivity contribution in [3.05, 3.63) is 70.0 Å². The topological polar surface area (TPSA) is 137 Å².